The van der Waals surface area contributed by atoms with Crippen LogP contribution in [0.2, 0.25) is 0 Å². The fourth-order valence-corrected chi connectivity index (χ4v) is 5.90. The highest BCUT2D eigenvalue weighted by molar-refractivity contribution is 5.94. The first-order valence-electron chi connectivity index (χ1n) is 11.5. The monoisotopic (exact) mass is 419 g/mol. The van der Waals surface area contributed by atoms with Crippen molar-refractivity contribution in [2.75, 3.05) is 44.4 Å². The number of hydrogen-bond acceptors (Lipinski definition) is 5. The van der Waals surface area contributed by atoms with Crippen molar-refractivity contribution >= 4 is 11.6 Å². The number of ether oxygens (including phenoxy) is 2. The number of para-hydroxylation sites is 1. The minimum atomic E-state index is -0.0360. The van der Waals surface area contributed by atoms with Crippen molar-refractivity contribution in [1.29, 1.82) is 0 Å². The lowest BCUT2D eigenvalue weighted by Crippen LogP contribution is -2.58. The van der Waals surface area contributed by atoms with Crippen LogP contribution < -0.4 is 19.7 Å². The lowest BCUT2D eigenvalue weighted by atomic mass is 9.75. The molecule has 6 heteroatoms. The predicted molar refractivity (Wildman–Crippen MR) is 119 cm³/mol. The molecule has 7 rings (SSSR count). The molecule has 3 fully saturated rings. The molecule has 0 aromatic heterocycles. The third-order valence-corrected chi connectivity index (χ3v) is 7.59. The molecule has 0 radical (unpaired) electrons. The number of piperidine rings is 3. The van der Waals surface area contributed by atoms with E-state index in [0.29, 0.717) is 29.6 Å². The second-order valence-corrected chi connectivity index (χ2v) is 9.30. The van der Waals surface area contributed by atoms with Crippen LogP contribution in [0.15, 0.2) is 42.5 Å². The molecule has 4 atom stereocenters. The summed E-state index contributed by atoms with van der Waals surface area (Å²) in [7, 11) is 0. The number of carbonyl (C=O) groups is 1. The number of nitrogens with zero attached hydrogens (tertiary/aromatic N) is 2. The van der Waals surface area contributed by atoms with Gasteiger partial charge >= 0.3 is 0 Å². The van der Waals surface area contributed by atoms with Crippen LogP contribution in [0.3, 0.4) is 0 Å². The van der Waals surface area contributed by atoms with E-state index in [1.54, 1.807) is 12.1 Å². The molecule has 1 N–H and O–H groups in total. The number of rotatable bonds is 5. The second-order valence-electron chi connectivity index (χ2n) is 9.30. The molecule has 0 aliphatic carbocycles. The number of amides is 1. The van der Waals surface area contributed by atoms with E-state index in [9.17, 15) is 4.79 Å². The molecule has 2 aromatic rings. The van der Waals surface area contributed by atoms with E-state index in [-0.39, 0.29) is 12.7 Å². The van der Waals surface area contributed by atoms with Gasteiger partial charge < -0.3 is 19.7 Å². The first-order chi connectivity index (χ1) is 15.2. The molecule has 2 bridgehead atoms. The van der Waals surface area contributed by atoms with Crippen LogP contribution in [0.5, 0.6) is 11.5 Å². The van der Waals surface area contributed by atoms with Crippen molar-refractivity contribution in [2.24, 2.45) is 11.8 Å². The molecule has 0 spiro atoms. The summed E-state index contributed by atoms with van der Waals surface area (Å²) in [5, 5.41) is 3.16. The SMILES string of the molecule is O=C(NC[C@H]1C[C@@H]2CCN1C[C@H]2CN1CCc2ccccc21)c1ccc2c(c1)OCO2. The molecule has 31 heavy (non-hydrogen) atoms. The minimum absolute atomic E-state index is 0.0360. The third-order valence-electron chi connectivity index (χ3n) is 7.59. The Hall–Kier alpha value is -2.73. The standard InChI is InChI=1S/C25H29N3O3/c29-25(19-5-6-23-24(12-19)31-16-30-23)26-13-21-11-18-8-9-27(21)14-20(18)15-28-10-7-17-3-1-2-4-22(17)28/h1-6,12,18,20-21H,7-11,13-16H2,(H,26,29)/t18-,20-,21+/m0/s1. The molecular weight excluding hydrogens is 390 g/mol. The van der Waals surface area contributed by atoms with Crippen LogP contribution in [0.4, 0.5) is 5.69 Å². The zero-order valence-electron chi connectivity index (χ0n) is 17.8. The summed E-state index contributed by atoms with van der Waals surface area (Å²) in [5.74, 6) is 2.80. The van der Waals surface area contributed by atoms with E-state index in [1.165, 1.54) is 30.5 Å². The second kappa shape index (κ2) is 7.75. The lowest BCUT2D eigenvalue weighted by Gasteiger charge is -2.51. The summed E-state index contributed by atoms with van der Waals surface area (Å²) in [5.41, 5.74) is 3.56. The summed E-state index contributed by atoms with van der Waals surface area (Å²) >= 11 is 0. The van der Waals surface area contributed by atoms with Gasteiger partial charge in [-0.25, -0.2) is 0 Å². The van der Waals surface area contributed by atoms with E-state index in [0.717, 1.165) is 38.0 Å². The van der Waals surface area contributed by atoms with Gasteiger partial charge in [0.1, 0.15) is 0 Å². The molecule has 5 aliphatic heterocycles. The van der Waals surface area contributed by atoms with E-state index in [2.05, 4.69) is 39.4 Å². The first kappa shape index (κ1) is 19.0. The molecule has 162 valence electrons. The first-order valence-corrected chi connectivity index (χ1v) is 11.5. The van der Waals surface area contributed by atoms with Crippen LogP contribution >= 0.6 is 0 Å². The zero-order valence-corrected chi connectivity index (χ0v) is 17.8. The number of nitrogens with one attached hydrogen (secondary N) is 1. The average molecular weight is 420 g/mol. The number of fused-ring (bicyclic) bond motifs is 5. The lowest BCUT2D eigenvalue weighted by molar-refractivity contribution is 0.00495. The Labute approximate surface area is 183 Å². The van der Waals surface area contributed by atoms with Gasteiger partial charge in [0.15, 0.2) is 11.5 Å². The molecule has 1 unspecified atom stereocenters. The van der Waals surface area contributed by atoms with Crippen LogP contribution in [0, 0.1) is 11.8 Å². The van der Waals surface area contributed by atoms with Gasteiger partial charge in [-0.05, 0) is 67.5 Å². The van der Waals surface area contributed by atoms with Gasteiger partial charge in [-0.15, -0.1) is 0 Å². The summed E-state index contributed by atoms with van der Waals surface area (Å²) < 4.78 is 10.7. The van der Waals surface area contributed by atoms with Gasteiger partial charge in [-0.2, -0.15) is 0 Å². The highest BCUT2D eigenvalue weighted by Crippen LogP contribution is 2.38. The number of carbonyl (C=O) groups excluding carboxylic acids is 1. The largest absolute Gasteiger partial charge is 0.454 e. The normalized spacial score (nSPS) is 27.9. The quantitative estimate of drug-likeness (QED) is 0.808. The van der Waals surface area contributed by atoms with Gasteiger partial charge in [0.05, 0.1) is 0 Å². The summed E-state index contributed by atoms with van der Waals surface area (Å²) in [4.78, 5) is 17.9. The van der Waals surface area contributed by atoms with Gasteiger partial charge in [0.25, 0.3) is 5.91 Å². The van der Waals surface area contributed by atoms with E-state index < -0.39 is 0 Å². The van der Waals surface area contributed by atoms with E-state index in [1.807, 2.05) is 6.07 Å². The number of hydrogen-bond donors (Lipinski definition) is 1. The molecule has 2 aromatic carbocycles. The fourth-order valence-electron chi connectivity index (χ4n) is 5.90. The van der Waals surface area contributed by atoms with Crippen molar-refractivity contribution in [1.82, 2.24) is 10.2 Å². The van der Waals surface area contributed by atoms with E-state index >= 15 is 0 Å². The summed E-state index contributed by atoms with van der Waals surface area (Å²) in [6, 6.07) is 14.7. The fraction of sp³-hybridized carbons (Fsp3) is 0.480. The summed E-state index contributed by atoms with van der Waals surface area (Å²) in [6.07, 6.45) is 3.64. The molecule has 5 aliphatic rings. The van der Waals surface area contributed by atoms with Crippen LogP contribution in [0.25, 0.3) is 0 Å². The number of benzene rings is 2. The van der Waals surface area contributed by atoms with Gasteiger partial charge in [-0.1, -0.05) is 18.2 Å². The van der Waals surface area contributed by atoms with Crippen molar-refractivity contribution < 1.29 is 14.3 Å². The average Bonchev–Trinajstić information content (AvgIpc) is 3.45. The zero-order chi connectivity index (χ0) is 20.8. The Morgan fingerprint density at radius 2 is 2.00 bits per heavy atom. The van der Waals surface area contributed by atoms with Gasteiger partial charge in [0.2, 0.25) is 6.79 Å². The van der Waals surface area contributed by atoms with Gasteiger partial charge in [-0.3, -0.25) is 9.69 Å². The highest BCUT2D eigenvalue weighted by Gasteiger charge is 2.41. The molecule has 6 nitrogen and oxygen atoms in total. The van der Waals surface area contributed by atoms with Crippen LogP contribution in [0.1, 0.15) is 28.8 Å². The maximum Gasteiger partial charge on any atom is 0.251 e. The van der Waals surface area contributed by atoms with Crippen molar-refractivity contribution in [3.8, 4) is 11.5 Å². The minimum Gasteiger partial charge on any atom is -0.454 e. The molecule has 5 heterocycles. The van der Waals surface area contributed by atoms with Crippen molar-refractivity contribution in [2.45, 2.75) is 25.3 Å². The maximum atomic E-state index is 12.7. The van der Waals surface area contributed by atoms with Gasteiger partial charge in [0, 0.05) is 43.5 Å². The topological polar surface area (TPSA) is 54.0 Å². The Balaban J connectivity index is 1.05. The Kier molecular flexibility index (Phi) is 4.75. The van der Waals surface area contributed by atoms with Crippen LogP contribution in [-0.4, -0.2) is 56.4 Å². The summed E-state index contributed by atoms with van der Waals surface area (Å²) in [6.45, 7) is 5.55. The molecule has 3 saturated heterocycles. The molecular formula is C25H29N3O3. The number of anilines is 1. The predicted octanol–water partition coefficient (Wildman–Crippen LogP) is 2.92. The maximum absolute atomic E-state index is 12.7. The Morgan fingerprint density at radius 1 is 1.10 bits per heavy atom. The Morgan fingerprint density at radius 3 is 2.90 bits per heavy atom. The Bertz CT molecular complexity index is 994. The molecule has 1 amide bonds. The van der Waals surface area contributed by atoms with Crippen LogP contribution in [-0.2, 0) is 6.42 Å². The van der Waals surface area contributed by atoms with E-state index in [4.69, 9.17) is 9.47 Å². The smallest absolute Gasteiger partial charge is 0.251 e. The highest BCUT2D eigenvalue weighted by atomic mass is 16.7. The van der Waals surface area contributed by atoms with Crippen molar-refractivity contribution in [3.05, 3.63) is 53.6 Å². The van der Waals surface area contributed by atoms with Crippen molar-refractivity contribution in [3.63, 3.8) is 0 Å². The molecule has 0 saturated carbocycles. The third kappa shape index (κ3) is 3.53.